The Morgan fingerprint density at radius 2 is 1.57 bits per heavy atom. The maximum atomic E-state index is 12.2. The fourth-order valence-corrected chi connectivity index (χ4v) is 2.74. The molecule has 2 aromatic rings. The molecule has 0 saturated heterocycles. The summed E-state index contributed by atoms with van der Waals surface area (Å²) in [4.78, 5) is 36.4. The van der Waals surface area contributed by atoms with Crippen LogP contribution in [0.3, 0.4) is 0 Å². The van der Waals surface area contributed by atoms with Gasteiger partial charge in [-0.05, 0) is 54.2 Å². The Morgan fingerprint density at radius 3 is 2.10 bits per heavy atom. The summed E-state index contributed by atoms with van der Waals surface area (Å²) in [5.74, 6) is -1.49. The predicted molar refractivity (Wildman–Crippen MR) is 117 cm³/mol. The van der Waals surface area contributed by atoms with Crippen LogP contribution in [0.2, 0.25) is 0 Å². The lowest BCUT2D eigenvalue weighted by Crippen LogP contribution is -2.35. The van der Waals surface area contributed by atoms with Crippen molar-refractivity contribution in [3.8, 4) is 0 Å². The van der Waals surface area contributed by atoms with Crippen molar-refractivity contribution in [2.75, 3.05) is 11.9 Å². The molecular weight excluding hydrogens is 380 g/mol. The number of carbonyl (C=O) groups excluding carboxylic acids is 3. The number of hydrogen-bond donors (Lipinski definition) is 2. The van der Waals surface area contributed by atoms with Gasteiger partial charge in [0.2, 0.25) is 0 Å². The van der Waals surface area contributed by atoms with Gasteiger partial charge in [-0.3, -0.25) is 14.4 Å². The second-order valence-corrected chi connectivity index (χ2v) is 8.18. The Morgan fingerprint density at radius 1 is 0.967 bits per heavy atom. The average Bonchev–Trinajstić information content (AvgIpc) is 2.72. The fraction of sp³-hybridized carbons (Fsp3) is 0.375. The fourth-order valence-electron chi connectivity index (χ4n) is 2.74. The Labute approximate surface area is 178 Å². The van der Waals surface area contributed by atoms with Crippen molar-refractivity contribution in [3.63, 3.8) is 0 Å². The van der Waals surface area contributed by atoms with Gasteiger partial charge in [0, 0.05) is 11.3 Å². The van der Waals surface area contributed by atoms with E-state index in [1.54, 1.807) is 24.3 Å². The van der Waals surface area contributed by atoms with E-state index in [1.165, 1.54) is 6.92 Å². The van der Waals surface area contributed by atoms with Crippen LogP contribution in [-0.4, -0.2) is 30.4 Å². The van der Waals surface area contributed by atoms with Gasteiger partial charge in [0.15, 0.2) is 6.10 Å². The molecule has 0 aliphatic heterocycles. The molecule has 0 unspecified atom stereocenters. The molecule has 0 fully saturated rings. The van der Waals surface area contributed by atoms with Crippen molar-refractivity contribution in [2.45, 2.75) is 52.6 Å². The molecule has 1 atom stereocenters. The van der Waals surface area contributed by atoms with Crippen LogP contribution in [0.1, 0.15) is 56.1 Å². The van der Waals surface area contributed by atoms with Crippen molar-refractivity contribution in [3.05, 3.63) is 65.2 Å². The lowest BCUT2D eigenvalue weighted by molar-refractivity contribution is -0.152. The van der Waals surface area contributed by atoms with E-state index >= 15 is 0 Å². The van der Waals surface area contributed by atoms with Crippen LogP contribution in [-0.2, 0) is 26.2 Å². The van der Waals surface area contributed by atoms with Crippen LogP contribution in [0.15, 0.2) is 48.5 Å². The third-order valence-corrected chi connectivity index (χ3v) is 4.71. The van der Waals surface area contributed by atoms with E-state index in [2.05, 4.69) is 38.3 Å². The first kappa shape index (κ1) is 23.1. The summed E-state index contributed by atoms with van der Waals surface area (Å²) < 4.78 is 5.11. The summed E-state index contributed by atoms with van der Waals surface area (Å²) in [6.45, 7) is 9.50. The number of carbonyl (C=O) groups is 3. The zero-order valence-electron chi connectivity index (χ0n) is 18.2. The minimum Gasteiger partial charge on any atom is -0.451 e. The summed E-state index contributed by atoms with van der Waals surface area (Å²) in [6.07, 6.45) is -0.0689. The molecule has 160 valence electrons. The lowest BCUT2D eigenvalue weighted by atomic mass is 9.87. The molecule has 6 nitrogen and oxygen atoms in total. The maximum absolute atomic E-state index is 12.2. The predicted octanol–water partition coefficient (Wildman–Crippen LogP) is 3.85. The van der Waals surface area contributed by atoms with Gasteiger partial charge in [0.05, 0.1) is 0 Å². The molecule has 0 aliphatic carbocycles. The van der Waals surface area contributed by atoms with E-state index in [9.17, 15) is 14.4 Å². The van der Waals surface area contributed by atoms with Crippen LogP contribution in [0.25, 0.3) is 0 Å². The van der Waals surface area contributed by atoms with Crippen LogP contribution in [0.5, 0.6) is 0 Å². The first-order chi connectivity index (χ1) is 14.1. The molecular formula is C24H30N2O4. The molecule has 0 aliphatic rings. The van der Waals surface area contributed by atoms with Crippen molar-refractivity contribution in [2.24, 2.45) is 0 Å². The Hall–Kier alpha value is -3.15. The quantitative estimate of drug-likeness (QED) is 0.679. The van der Waals surface area contributed by atoms with Gasteiger partial charge in [-0.2, -0.15) is 0 Å². The molecule has 0 heterocycles. The second kappa shape index (κ2) is 10.1. The highest BCUT2D eigenvalue weighted by Gasteiger charge is 2.19. The number of nitrogens with one attached hydrogen (secondary N) is 2. The molecule has 0 aromatic heterocycles. The molecule has 0 spiro atoms. The van der Waals surface area contributed by atoms with Crippen molar-refractivity contribution in [1.29, 1.82) is 0 Å². The lowest BCUT2D eigenvalue weighted by Gasteiger charge is -2.19. The molecule has 0 saturated carbocycles. The van der Waals surface area contributed by atoms with E-state index in [-0.39, 0.29) is 17.9 Å². The minimum absolute atomic E-state index is 0.00638. The highest BCUT2D eigenvalue weighted by molar-refractivity contribution is 5.97. The summed E-state index contributed by atoms with van der Waals surface area (Å²) >= 11 is 0. The number of esters is 1. The van der Waals surface area contributed by atoms with Gasteiger partial charge in [0.1, 0.15) is 6.54 Å². The maximum Gasteiger partial charge on any atom is 0.326 e. The monoisotopic (exact) mass is 410 g/mol. The molecule has 2 rings (SSSR count). The largest absolute Gasteiger partial charge is 0.451 e. The third-order valence-electron chi connectivity index (χ3n) is 4.71. The Kier molecular flexibility index (Phi) is 7.75. The number of amides is 2. The first-order valence-corrected chi connectivity index (χ1v) is 10.1. The van der Waals surface area contributed by atoms with Gasteiger partial charge >= 0.3 is 5.97 Å². The summed E-state index contributed by atoms with van der Waals surface area (Å²) in [7, 11) is 0. The molecule has 0 bridgehead atoms. The van der Waals surface area contributed by atoms with Crippen LogP contribution < -0.4 is 10.6 Å². The van der Waals surface area contributed by atoms with E-state index < -0.39 is 18.0 Å². The Bertz CT molecular complexity index is 881. The number of rotatable bonds is 7. The van der Waals surface area contributed by atoms with Crippen LogP contribution in [0.4, 0.5) is 5.69 Å². The average molecular weight is 411 g/mol. The summed E-state index contributed by atoms with van der Waals surface area (Å²) in [5, 5.41) is 5.22. The standard InChI is InChI=1S/C24H30N2O4/c1-6-17-7-13-20(14-8-17)26-22(28)16(2)30-21(27)15-25-23(29)18-9-11-19(12-10-18)24(3,4)5/h7-14,16H,6,15H2,1-5H3,(H,25,29)(H,26,28)/t16-/m1/s1. The summed E-state index contributed by atoms with van der Waals surface area (Å²) in [6, 6.07) is 14.7. The second-order valence-electron chi connectivity index (χ2n) is 8.18. The normalized spacial score (nSPS) is 12.0. The van der Waals surface area contributed by atoms with Gasteiger partial charge < -0.3 is 15.4 Å². The highest BCUT2D eigenvalue weighted by Crippen LogP contribution is 2.22. The van der Waals surface area contributed by atoms with E-state index in [4.69, 9.17) is 4.74 Å². The molecule has 2 aromatic carbocycles. The Balaban J connectivity index is 1.81. The number of aryl methyl sites for hydroxylation is 1. The van der Waals surface area contributed by atoms with E-state index in [0.29, 0.717) is 11.3 Å². The zero-order valence-corrected chi connectivity index (χ0v) is 18.2. The molecule has 2 N–H and O–H groups in total. The van der Waals surface area contributed by atoms with Crippen molar-refractivity contribution < 1.29 is 19.1 Å². The summed E-state index contributed by atoms with van der Waals surface area (Å²) in [5.41, 5.74) is 3.36. The number of ether oxygens (including phenoxy) is 1. The molecule has 6 heteroatoms. The first-order valence-electron chi connectivity index (χ1n) is 10.1. The molecule has 0 radical (unpaired) electrons. The van der Waals surface area contributed by atoms with Gasteiger partial charge in [0.25, 0.3) is 11.8 Å². The minimum atomic E-state index is -0.980. The smallest absolute Gasteiger partial charge is 0.326 e. The van der Waals surface area contributed by atoms with Gasteiger partial charge in [-0.15, -0.1) is 0 Å². The SMILES string of the molecule is CCc1ccc(NC(=O)[C@@H](C)OC(=O)CNC(=O)c2ccc(C(C)(C)C)cc2)cc1. The van der Waals surface area contributed by atoms with Crippen molar-refractivity contribution in [1.82, 2.24) is 5.32 Å². The van der Waals surface area contributed by atoms with E-state index in [1.807, 2.05) is 24.3 Å². The number of anilines is 1. The van der Waals surface area contributed by atoms with Gasteiger partial charge in [-0.1, -0.05) is 52.0 Å². The van der Waals surface area contributed by atoms with Crippen molar-refractivity contribution >= 4 is 23.5 Å². The van der Waals surface area contributed by atoms with Crippen LogP contribution in [0, 0.1) is 0 Å². The zero-order chi connectivity index (χ0) is 22.3. The highest BCUT2D eigenvalue weighted by atomic mass is 16.5. The molecule has 2 amide bonds. The van der Waals surface area contributed by atoms with E-state index in [0.717, 1.165) is 17.5 Å². The molecule has 30 heavy (non-hydrogen) atoms. The van der Waals surface area contributed by atoms with Gasteiger partial charge in [-0.25, -0.2) is 0 Å². The number of benzene rings is 2. The topological polar surface area (TPSA) is 84.5 Å². The number of hydrogen-bond acceptors (Lipinski definition) is 4. The van der Waals surface area contributed by atoms with Crippen LogP contribution >= 0.6 is 0 Å². The third kappa shape index (κ3) is 6.72.